The number of hydrogen-bond acceptors (Lipinski definition) is 5. The van der Waals surface area contributed by atoms with Gasteiger partial charge in [-0.15, -0.1) is 0 Å². The fourth-order valence-electron chi connectivity index (χ4n) is 0.628. The molecule has 14 heavy (non-hydrogen) atoms. The summed E-state index contributed by atoms with van der Waals surface area (Å²) in [4.78, 5) is 21.5. The van der Waals surface area contributed by atoms with Crippen molar-refractivity contribution >= 4 is 24.8 Å². The van der Waals surface area contributed by atoms with Crippen molar-refractivity contribution in [3.05, 3.63) is 12.7 Å². The SMILES string of the molecule is C=CC(=O)OCCC(=O)NCCOS. The molecule has 0 saturated heterocycles. The summed E-state index contributed by atoms with van der Waals surface area (Å²) in [6, 6.07) is 0. The number of ether oxygens (including phenoxy) is 1. The highest BCUT2D eigenvalue weighted by Crippen LogP contribution is 1.85. The predicted molar refractivity (Wildman–Crippen MR) is 53.7 cm³/mol. The zero-order chi connectivity index (χ0) is 10.8. The Morgan fingerprint density at radius 2 is 2.14 bits per heavy atom. The van der Waals surface area contributed by atoms with Crippen LogP contribution in [0.1, 0.15) is 6.42 Å². The van der Waals surface area contributed by atoms with Gasteiger partial charge in [-0.3, -0.25) is 4.79 Å². The van der Waals surface area contributed by atoms with Crippen LogP contribution in [-0.4, -0.2) is 31.6 Å². The third-order valence-electron chi connectivity index (χ3n) is 1.26. The van der Waals surface area contributed by atoms with Crippen molar-refractivity contribution in [2.24, 2.45) is 0 Å². The van der Waals surface area contributed by atoms with Gasteiger partial charge in [-0.05, 0) is 12.9 Å². The third-order valence-corrected chi connectivity index (χ3v) is 1.44. The van der Waals surface area contributed by atoms with Gasteiger partial charge in [-0.2, -0.15) is 0 Å². The molecule has 0 aromatic carbocycles. The van der Waals surface area contributed by atoms with Crippen LogP contribution in [0, 0.1) is 0 Å². The van der Waals surface area contributed by atoms with Crippen LogP contribution in [-0.2, 0) is 18.5 Å². The van der Waals surface area contributed by atoms with Crippen molar-refractivity contribution < 1.29 is 18.5 Å². The van der Waals surface area contributed by atoms with Gasteiger partial charge in [0.2, 0.25) is 5.91 Å². The van der Waals surface area contributed by atoms with Crippen molar-refractivity contribution in [2.75, 3.05) is 19.8 Å². The molecule has 0 aliphatic rings. The van der Waals surface area contributed by atoms with Gasteiger partial charge in [0.05, 0.1) is 13.0 Å². The van der Waals surface area contributed by atoms with E-state index in [0.717, 1.165) is 6.08 Å². The molecule has 0 saturated carbocycles. The Morgan fingerprint density at radius 3 is 2.71 bits per heavy atom. The molecule has 0 rings (SSSR count). The fraction of sp³-hybridized carbons (Fsp3) is 0.500. The molecule has 5 nitrogen and oxygen atoms in total. The Morgan fingerprint density at radius 1 is 1.43 bits per heavy atom. The summed E-state index contributed by atoms with van der Waals surface area (Å²) in [6.45, 7) is 3.99. The Balaban J connectivity index is 3.35. The first-order valence-electron chi connectivity index (χ1n) is 4.03. The van der Waals surface area contributed by atoms with E-state index in [9.17, 15) is 9.59 Å². The Kier molecular flexibility index (Phi) is 7.96. The smallest absolute Gasteiger partial charge is 0.330 e. The highest BCUT2D eigenvalue weighted by Gasteiger charge is 2.01. The first kappa shape index (κ1) is 13.0. The van der Waals surface area contributed by atoms with Crippen molar-refractivity contribution in [2.45, 2.75) is 6.42 Å². The summed E-state index contributed by atoms with van der Waals surface area (Å²) in [7, 11) is 0. The summed E-state index contributed by atoms with van der Waals surface area (Å²) in [5, 5.41) is 2.55. The first-order valence-corrected chi connectivity index (χ1v) is 4.39. The van der Waals surface area contributed by atoms with Crippen molar-refractivity contribution in [3.63, 3.8) is 0 Å². The highest BCUT2D eigenvalue weighted by atomic mass is 32.1. The first-order chi connectivity index (χ1) is 6.70. The van der Waals surface area contributed by atoms with E-state index in [0.29, 0.717) is 13.2 Å². The molecule has 0 aliphatic heterocycles. The molecule has 0 unspecified atom stereocenters. The summed E-state index contributed by atoms with van der Waals surface area (Å²) in [5.41, 5.74) is 0. The topological polar surface area (TPSA) is 64.6 Å². The Bertz CT molecular complexity index is 208. The molecule has 6 heteroatoms. The number of esters is 1. The minimum atomic E-state index is -0.531. The monoisotopic (exact) mass is 219 g/mol. The lowest BCUT2D eigenvalue weighted by molar-refractivity contribution is -0.138. The highest BCUT2D eigenvalue weighted by molar-refractivity contribution is 7.75. The average Bonchev–Trinajstić information content (AvgIpc) is 2.18. The van der Waals surface area contributed by atoms with Gasteiger partial charge in [-0.25, -0.2) is 4.79 Å². The molecule has 0 radical (unpaired) electrons. The molecule has 80 valence electrons. The van der Waals surface area contributed by atoms with E-state index in [-0.39, 0.29) is 18.9 Å². The number of thiol groups is 1. The zero-order valence-electron chi connectivity index (χ0n) is 7.69. The Hall–Kier alpha value is -1.01. The van der Waals surface area contributed by atoms with Gasteiger partial charge < -0.3 is 14.2 Å². The molecule has 0 bridgehead atoms. The number of carbonyl (C=O) groups excluding carboxylic acids is 2. The predicted octanol–water partition coefficient (Wildman–Crippen LogP) is 0.0833. The van der Waals surface area contributed by atoms with Crippen LogP contribution in [0.3, 0.4) is 0 Å². The van der Waals surface area contributed by atoms with Crippen LogP contribution >= 0.6 is 12.9 Å². The van der Waals surface area contributed by atoms with Gasteiger partial charge >= 0.3 is 5.97 Å². The summed E-state index contributed by atoms with van der Waals surface area (Å²) >= 11 is 3.50. The number of amides is 1. The maximum atomic E-state index is 11.0. The minimum absolute atomic E-state index is 0.0540. The van der Waals surface area contributed by atoms with E-state index in [1.807, 2.05) is 0 Å². The molecular formula is C8H13NO4S. The second-order valence-electron chi connectivity index (χ2n) is 2.30. The maximum absolute atomic E-state index is 11.0. The van der Waals surface area contributed by atoms with Gasteiger partial charge in [-0.1, -0.05) is 6.58 Å². The lowest BCUT2D eigenvalue weighted by Gasteiger charge is -2.03. The molecule has 0 aromatic heterocycles. The van der Waals surface area contributed by atoms with Gasteiger partial charge in [0.1, 0.15) is 6.61 Å². The minimum Gasteiger partial charge on any atom is -0.462 e. The number of carbonyl (C=O) groups is 2. The molecule has 0 atom stereocenters. The standard InChI is InChI=1S/C8H13NO4S/c1-2-8(11)12-5-3-7(10)9-4-6-13-14/h2,14H,1,3-6H2,(H,9,10). The van der Waals surface area contributed by atoms with Crippen LogP contribution in [0.25, 0.3) is 0 Å². The average molecular weight is 219 g/mol. The van der Waals surface area contributed by atoms with E-state index < -0.39 is 5.97 Å². The van der Waals surface area contributed by atoms with Gasteiger partial charge in [0.25, 0.3) is 0 Å². The third kappa shape index (κ3) is 7.63. The van der Waals surface area contributed by atoms with E-state index in [1.165, 1.54) is 0 Å². The van der Waals surface area contributed by atoms with Gasteiger partial charge in [0.15, 0.2) is 0 Å². The number of nitrogens with one attached hydrogen (secondary N) is 1. The molecule has 0 fully saturated rings. The van der Waals surface area contributed by atoms with Crippen LogP contribution in [0.5, 0.6) is 0 Å². The Labute approximate surface area is 88.1 Å². The van der Waals surface area contributed by atoms with E-state index in [1.54, 1.807) is 0 Å². The van der Waals surface area contributed by atoms with Crippen LogP contribution in [0.2, 0.25) is 0 Å². The van der Waals surface area contributed by atoms with Crippen LogP contribution < -0.4 is 5.32 Å². The summed E-state index contributed by atoms with van der Waals surface area (Å²) in [6.07, 6.45) is 1.18. The molecule has 0 aromatic rings. The molecule has 1 amide bonds. The molecule has 0 spiro atoms. The molecular weight excluding hydrogens is 206 g/mol. The van der Waals surface area contributed by atoms with E-state index in [4.69, 9.17) is 0 Å². The molecule has 0 aliphatic carbocycles. The maximum Gasteiger partial charge on any atom is 0.330 e. The number of hydrogen-bond donors (Lipinski definition) is 2. The second-order valence-corrected chi connectivity index (χ2v) is 2.56. The van der Waals surface area contributed by atoms with Crippen LogP contribution in [0.4, 0.5) is 0 Å². The second kappa shape index (κ2) is 8.58. The van der Waals surface area contributed by atoms with Crippen molar-refractivity contribution in [1.29, 1.82) is 0 Å². The van der Waals surface area contributed by atoms with Gasteiger partial charge in [0, 0.05) is 12.6 Å². The van der Waals surface area contributed by atoms with E-state index >= 15 is 0 Å². The van der Waals surface area contributed by atoms with Crippen molar-refractivity contribution in [1.82, 2.24) is 5.32 Å². The van der Waals surface area contributed by atoms with Crippen molar-refractivity contribution in [3.8, 4) is 0 Å². The molecule has 0 heterocycles. The van der Waals surface area contributed by atoms with E-state index in [2.05, 4.69) is 33.7 Å². The number of rotatable bonds is 7. The largest absolute Gasteiger partial charge is 0.462 e. The van der Waals surface area contributed by atoms with Crippen LogP contribution in [0.15, 0.2) is 12.7 Å². The zero-order valence-corrected chi connectivity index (χ0v) is 8.59. The molecule has 1 N–H and O–H groups in total. The lowest BCUT2D eigenvalue weighted by Crippen LogP contribution is -2.27. The summed E-state index contributed by atoms with van der Waals surface area (Å²) in [5.74, 6) is -0.733. The lowest BCUT2D eigenvalue weighted by atomic mass is 10.4. The quantitative estimate of drug-likeness (QED) is 0.209. The summed E-state index contributed by atoms with van der Waals surface area (Å²) < 4.78 is 9.04. The fourth-order valence-corrected chi connectivity index (χ4v) is 0.719. The normalized spacial score (nSPS) is 9.21.